The monoisotopic (exact) mass is 344 g/mol. The van der Waals surface area contributed by atoms with Crippen LogP contribution in [0.5, 0.6) is 0 Å². The summed E-state index contributed by atoms with van der Waals surface area (Å²) in [5, 5.41) is 3.05. The summed E-state index contributed by atoms with van der Waals surface area (Å²) in [5.74, 6) is -0.0241. The van der Waals surface area contributed by atoms with E-state index >= 15 is 0 Å². The van der Waals surface area contributed by atoms with Crippen molar-refractivity contribution in [1.82, 2.24) is 10.0 Å². The topological polar surface area (TPSA) is 58.2 Å². The fourth-order valence-corrected chi connectivity index (χ4v) is 4.15. The van der Waals surface area contributed by atoms with Gasteiger partial charge in [0.25, 0.3) is 0 Å². The molecule has 0 spiro atoms. The van der Waals surface area contributed by atoms with Gasteiger partial charge in [0.05, 0.1) is 10.1 Å². The number of nitrogens with one attached hydrogen (secondary N) is 2. The van der Waals surface area contributed by atoms with Crippen molar-refractivity contribution in [3.05, 3.63) is 56.7 Å². The molecule has 0 amide bonds. The molecule has 1 heterocycles. The molecule has 0 atom stereocenters. The molecule has 0 saturated heterocycles. The van der Waals surface area contributed by atoms with Crippen LogP contribution in [0.15, 0.2) is 36.4 Å². The molecule has 21 heavy (non-hydrogen) atoms. The Morgan fingerprint density at radius 1 is 1.14 bits per heavy atom. The van der Waals surface area contributed by atoms with Gasteiger partial charge < -0.3 is 5.32 Å². The van der Waals surface area contributed by atoms with Crippen molar-refractivity contribution >= 4 is 33.0 Å². The molecule has 0 unspecified atom stereocenters. The highest BCUT2D eigenvalue weighted by Gasteiger charge is 2.12. The molecule has 4 nitrogen and oxygen atoms in total. The number of hydrogen-bond donors (Lipinski definition) is 2. The maximum atomic E-state index is 12.1. The molecule has 114 valence electrons. The van der Waals surface area contributed by atoms with Gasteiger partial charge in [-0.2, -0.15) is 0 Å². The van der Waals surface area contributed by atoms with Crippen LogP contribution in [0.2, 0.25) is 4.34 Å². The van der Waals surface area contributed by atoms with Crippen LogP contribution >= 0.6 is 22.9 Å². The molecule has 2 aromatic rings. The lowest BCUT2D eigenvalue weighted by atomic mass is 10.1. The van der Waals surface area contributed by atoms with E-state index in [4.69, 9.17) is 11.6 Å². The Morgan fingerprint density at radius 2 is 1.90 bits per heavy atom. The van der Waals surface area contributed by atoms with E-state index in [2.05, 4.69) is 10.0 Å². The summed E-state index contributed by atoms with van der Waals surface area (Å²) < 4.78 is 27.4. The quantitative estimate of drug-likeness (QED) is 0.812. The highest BCUT2D eigenvalue weighted by atomic mass is 35.5. The van der Waals surface area contributed by atoms with E-state index in [0.29, 0.717) is 4.34 Å². The van der Waals surface area contributed by atoms with Crippen LogP contribution in [-0.4, -0.2) is 15.5 Å². The van der Waals surface area contributed by atoms with Crippen LogP contribution in [0.3, 0.4) is 0 Å². The molecule has 7 heteroatoms. The molecular weight excluding hydrogens is 328 g/mol. The number of halogens is 1. The second kappa shape index (κ2) is 7.38. The maximum Gasteiger partial charge on any atom is 0.216 e. The van der Waals surface area contributed by atoms with Gasteiger partial charge in [-0.3, -0.25) is 0 Å². The molecule has 2 N–H and O–H groups in total. The van der Waals surface area contributed by atoms with E-state index < -0.39 is 10.0 Å². The summed E-state index contributed by atoms with van der Waals surface area (Å²) in [6.45, 7) is 0.991. The second-order valence-corrected chi connectivity index (χ2v) is 8.24. The zero-order valence-corrected chi connectivity index (χ0v) is 14.0. The highest BCUT2D eigenvalue weighted by Crippen LogP contribution is 2.21. The van der Waals surface area contributed by atoms with Crippen LogP contribution in [0, 0.1) is 0 Å². The second-order valence-electron chi connectivity index (χ2n) is 4.64. The van der Waals surface area contributed by atoms with E-state index in [1.165, 1.54) is 11.3 Å². The summed E-state index contributed by atoms with van der Waals surface area (Å²) in [4.78, 5) is 0.896. The van der Waals surface area contributed by atoms with Crippen LogP contribution in [0.4, 0.5) is 0 Å². The third kappa shape index (κ3) is 5.41. The largest absolute Gasteiger partial charge is 0.316 e. The maximum absolute atomic E-state index is 12.1. The molecule has 1 aromatic carbocycles. The average molecular weight is 345 g/mol. The molecule has 0 fully saturated rings. The number of rotatable bonds is 7. The third-order valence-electron chi connectivity index (χ3n) is 2.82. The van der Waals surface area contributed by atoms with Crippen molar-refractivity contribution in [3.8, 4) is 0 Å². The van der Waals surface area contributed by atoms with Crippen molar-refractivity contribution in [2.75, 3.05) is 7.05 Å². The smallest absolute Gasteiger partial charge is 0.216 e. The predicted molar refractivity (Wildman–Crippen MR) is 88.0 cm³/mol. The van der Waals surface area contributed by atoms with Crippen molar-refractivity contribution in [3.63, 3.8) is 0 Å². The van der Waals surface area contributed by atoms with Gasteiger partial charge in [0.1, 0.15) is 0 Å². The molecule has 0 aliphatic rings. The lowest BCUT2D eigenvalue weighted by Gasteiger charge is -2.07. The molecule has 0 radical (unpaired) electrons. The molecular formula is C14H17ClN2O2S2. The van der Waals surface area contributed by atoms with Crippen LogP contribution < -0.4 is 10.0 Å². The predicted octanol–water partition coefficient (Wildman–Crippen LogP) is 2.74. The number of sulfonamides is 1. The number of thiophene rings is 1. The van der Waals surface area contributed by atoms with Crippen LogP contribution in [-0.2, 0) is 28.9 Å². The van der Waals surface area contributed by atoms with Gasteiger partial charge in [0, 0.05) is 18.0 Å². The Balaban J connectivity index is 1.98. The van der Waals surface area contributed by atoms with Gasteiger partial charge in [0.2, 0.25) is 10.0 Å². The first-order valence-corrected chi connectivity index (χ1v) is 9.27. The first kappa shape index (κ1) is 16.5. The van der Waals surface area contributed by atoms with E-state index in [9.17, 15) is 8.42 Å². The van der Waals surface area contributed by atoms with E-state index in [0.717, 1.165) is 22.5 Å². The fourth-order valence-electron chi connectivity index (χ4n) is 1.93. The van der Waals surface area contributed by atoms with Crippen molar-refractivity contribution in [1.29, 1.82) is 0 Å². The van der Waals surface area contributed by atoms with E-state index in [-0.39, 0.29) is 12.3 Å². The zero-order valence-electron chi connectivity index (χ0n) is 11.6. The summed E-state index contributed by atoms with van der Waals surface area (Å²) in [5.41, 5.74) is 1.84. The Hall–Kier alpha value is -0.920. The third-order valence-corrected chi connectivity index (χ3v) is 5.35. The minimum Gasteiger partial charge on any atom is -0.316 e. The number of hydrogen-bond acceptors (Lipinski definition) is 4. The summed E-state index contributed by atoms with van der Waals surface area (Å²) in [6.07, 6.45) is 0. The first-order valence-electron chi connectivity index (χ1n) is 6.42. The van der Waals surface area contributed by atoms with E-state index in [1.807, 2.05) is 37.4 Å². The lowest BCUT2D eigenvalue weighted by Crippen LogP contribution is -2.24. The zero-order chi connectivity index (χ0) is 15.3. The Kier molecular flexibility index (Phi) is 5.78. The summed E-state index contributed by atoms with van der Waals surface area (Å²) in [6, 6.07) is 11.1. The van der Waals surface area contributed by atoms with Crippen molar-refractivity contribution in [2.45, 2.75) is 18.8 Å². The standard InChI is InChI=1S/C14H17ClN2O2S2/c1-16-8-11-3-2-4-12(7-11)10-21(18,19)17-9-13-5-6-14(15)20-13/h2-7,16-17H,8-10H2,1H3. The molecule has 1 aromatic heterocycles. The summed E-state index contributed by atoms with van der Waals surface area (Å²) >= 11 is 7.20. The van der Waals surface area contributed by atoms with Gasteiger partial charge in [-0.05, 0) is 30.3 Å². The average Bonchev–Trinajstić information content (AvgIpc) is 2.83. The minimum atomic E-state index is -3.36. The van der Waals surface area contributed by atoms with Gasteiger partial charge in [-0.25, -0.2) is 13.1 Å². The molecule has 2 rings (SSSR count). The summed E-state index contributed by atoms with van der Waals surface area (Å²) in [7, 11) is -1.50. The highest BCUT2D eigenvalue weighted by molar-refractivity contribution is 7.88. The Labute approximate surface area is 134 Å². The fraction of sp³-hybridized carbons (Fsp3) is 0.286. The first-order chi connectivity index (χ1) is 9.98. The van der Waals surface area contributed by atoms with Gasteiger partial charge in [0.15, 0.2) is 0 Å². The van der Waals surface area contributed by atoms with Gasteiger partial charge in [-0.15, -0.1) is 11.3 Å². The van der Waals surface area contributed by atoms with Crippen LogP contribution in [0.1, 0.15) is 16.0 Å². The number of benzene rings is 1. The normalized spacial score (nSPS) is 11.7. The van der Waals surface area contributed by atoms with Gasteiger partial charge >= 0.3 is 0 Å². The molecule has 0 aliphatic carbocycles. The Morgan fingerprint density at radius 3 is 2.57 bits per heavy atom. The van der Waals surface area contributed by atoms with Crippen molar-refractivity contribution in [2.24, 2.45) is 0 Å². The van der Waals surface area contributed by atoms with Crippen molar-refractivity contribution < 1.29 is 8.42 Å². The van der Waals surface area contributed by atoms with Gasteiger partial charge in [-0.1, -0.05) is 35.9 Å². The lowest BCUT2D eigenvalue weighted by molar-refractivity contribution is 0.581. The molecule has 0 aliphatic heterocycles. The van der Waals surface area contributed by atoms with E-state index in [1.54, 1.807) is 6.07 Å². The molecule has 0 saturated carbocycles. The van der Waals surface area contributed by atoms with Crippen LogP contribution in [0.25, 0.3) is 0 Å². The Bertz CT molecular complexity index is 699. The minimum absolute atomic E-state index is 0.0241. The molecule has 0 bridgehead atoms. The SMILES string of the molecule is CNCc1cccc(CS(=O)(=O)NCc2ccc(Cl)s2)c1.